The van der Waals surface area contributed by atoms with Gasteiger partial charge in [0.25, 0.3) is 0 Å². The molecular weight excluding hydrogens is 255 g/mol. The van der Waals surface area contributed by atoms with Crippen LogP contribution in [0.3, 0.4) is 0 Å². The molecule has 0 bridgehead atoms. The number of aryl methyl sites for hydroxylation is 1. The summed E-state index contributed by atoms with van der Waals surface area (Å²) in [7, 11) is 0. The second-order valence-electron chi connectivity index (χ2n) is 2.48. The summed E-state index contributed by atoms with van der Waals surface area (Å²) in [5, 5.41) is 5.35. The van der Waals surface area contributed by atoms with E-state index in [1.54, 1.807) is 10.9 Å². The van der Waals surface area contributed by atoms with Crippen LogP contribution in [0.2, 0.25) is 5.28 Å². The summed E-state index contributed by atoms with van der Waals surface area (Å²) < 4.78 is 2.52. The number of hydrogen-bond donors (Lipinski definition) is 0. The van der Waals surface area contributed by atoms with Crippen molar-refractivity contribution in [3.8, 4) is 0 Å². The maximum Gasteiger partial charge on any atom is 0.224 e. The van der Waals surface area contributed by atoms with Crippen LogP contribution in [0, 0.1) is 0 Å². The number of halogens is 2. The third kappa shape index (κ3) is 1.42. The minimum atomic E-state index is 0.245. The fourth-order valence-electron chi connectivity index (χ4n) is 1.12. The summed E-state index contributed by atoms with van der Waals surface area (Å²) in [6, 6.07) is 0. The van der Waals surface area contributed by atoms with E-state index in [1.165, 1.54) is 0 Å². The normalized spacial score (nSPS) is 11.0. The van der Waals surface area contributed by atoms with E-state index >= 15 is 0 Å². The van der Waals surface area contributed by atoms with E-state index in [9.17, 15) is 0 Å². The van der Waals surface area contributed by atoms with Crippen molar-refractivity contribution in [1.29, 1.82) is 0 Å². The van der Waals surface area contributed by atoms with E-state index in [-0.39, 0.29) is 5.28 Å². The lowest BCUT2D eigenvalue weighted by Gasteiger charge is -1.95. The molecule has 0 amide bonds. The van der Waals surface area contributed by atoms with Crippen LogP contribution in [0.15, 0.2) is 10.8 Å². The average molecular weight is 262 g/mol. The van der Waals surface area contributed by atoms with Crippen molar-refractivity contribution in [2.24, 2.45) is 0 Å². The molecule has 0 aromatic carbocycles. The number of fused-ring (bicyclic) bond motifs is 1. The number of aromatic nitrogens is 4. The van der Waals surface area contributed by atoms with Gasteiger partial charge in [0.15, 0.2) is 5.65 Å². The molecule has 68 valence electrons. The molecule has 0 unspecified atom stereocenters. The highest BCUT2D eigenvalue weighted by Gasteiger charge is 2.09. The molecule has 0 aliphatic carbocycles. The Kier molecular flexibility index (Phi) is 2.21. The first-order chi connectivity index (χ1) is 6.22. The lowest BCUT2D eigenvalue weighted by atomic mass is 10.4. The standard InChI is InChI=1S/C7H6BrClN4/c1-2-13-6-4(5(8)12-13)3-10-7(9)11-6/h3H,2H2,1H3. The fraction of sp³-hybridized carbons (Fsp3) is 0.286. The summed E-state index contributed by atoms with van der Waals surface area (Å²) in [5.41, 5.74) is 0.759. The van der Waals surface area contributed by atoms with Crippen LogP contribution in [0.4, 0.5) is 0 Å². The molecule has 13 heavy (non-hydrogen) atoms. The smallest absolute Gasteiger partial charge is 0.224 e. The third-order valence-corrected chi connectivity index (χ3v) is 2.48. The Balaban J connectivity index is 2.81. The second-order valence-corrected chi connectivity index (χ2v) is 3.57. The van der Waals surface area contributed by atoms with E-state index in [4.69, 9.17) is 11.6 Å². The summed E-state index contributed by atoms with van der Waals surface area (Å²) in [6.45, 7) is 2.75. The van der Waals surface area contributed by atoms with Crippen molar-refractivity contribution < 1.29 is 0 Å². The largest absolute Gasteiger partial charge is 0.246 e. The molecule has 0 aliphatic heterocycles. The van der Waals surface area contributed by atoms with Crippen molar-refractivity contribution in [2.75, 3.05) is 0 Å². The highest BCUT2D eigenvalue weighted by Crippen LogP contribution is 2.21. The molecular formula is C7H6BrClN4. The molecule has 0 fully saturated rings. The van der Waals surface area contributed by atoms with Crippen LogP contribution in [0.5, 0.6) is 0 Å². The maximum atomic E-state index is 5.68. The molecule has 6 heteroatoms. The minimum Gasteiger partial charge on any atom is -0.246 e. The highest BCUT2D eigenvalue weighted by molar-refractivity contribution is 9.10. The molecule has 0 atom stereocenters. The molecule has 2 heterocycles. The van der Waals surface area contributed by atoms with Crippen LogP contribution in [0.25, 0.3) is 11.0 Å². The lowest BCUT2D eigenvalue weighted by Crippen LogP contribution is -1.97. The quantitative estimate of drug-likeness (QED) is 0.740. The van der Waals surface area contributed by atoms with Gasteiger partial charge in [0.05, 0.1) is 5.39 Å². The van der Waals surface area contributed by atoms with E-state index in [2.05, 4.69) is 31.0 Å². The first-order valence-electron chi connectivity index (χ1n) is 3.77. The number of rotatable bonds is 1. The van der Waals surface area contributed by atoms with Gasteiger partial charge in [-0.05, 0) is 34.5 Å². The molecule has 2 aromatic rings. The van der Waals surface area contributed by atoms with Crippen molar-refractivity contribution in [3.63, 3.8) is 0 Å². The summed E-state index contributed by atoms with van der Waals surface area (Å²) in [5.74, 6) is 0. The van der Waals surface area contributed by atoms with E-state index in [1.807, 2.05) is 6.92 Å². The topological polar surface area (TPSA) is 43.6 Å². The second kappa shape index (κ2) is 3.23. The zero-order valence-corrected chi connectivity index (χ0v) is 9.17. The summed E-state index contributed by atoms with van der Waals surface area (Å²) in [6.07, 6.45) is 1.66. The Morgan fingerprint density at radius 3 is 3.08 bits per heavy atom. The number of hydrogen-bond acceptors (Lipinski definition) is 3. The van der Waals surface area contributed by atoms with Crippen molar-refractivity contribution >= 4 is 38.6 Å². The Morgan fingerprint density at radius 2 is 2.38 bits per heavy atom. The summed E-state index contributed by atoms with van der Waals surface area (Å²) in [4.78, 5) is 7.98. The van der Waals surface area contributed by atoms with Gasteiger partial charge in [-0.1, -0.05) is 0 Å². The van der Waals surface area contributed by atoms with Gasteiger partial charge in [-0.15, -0.1) is 0 Å². The minimum absolute atomic E-state index is 0.245. The third-order valence-electron chi connectivity index (χ3n) is 1.71. The maximum absolute atomic E-state index is 5.68. The van der Waals surface area contributed by atoms with Crippen LogP contribution >= 0.6 is 27.5 Å². The first kappa shape index (κ1) is 8.90. The van der Waals surface area contributed by atoms with E-state index < -0.39 is 0 Å². The predicted molar refractivity (Wildman–Crippen MR) is 53.7 cm³/mol. The molecule has 2 aromatic heterocycles. The first-order valence-corrected chi connectivity index (χ1v) is 4.94. The molecule has 2 rings (SSSR count). The van der Waals surface area contributed by atoms with E-state index in [0.29, 0.717) is 0 Å². The number of nitrogens with zero attached hydrogens (tertiary/aromatic N) is 4. The molecule has 0 N–H and O–H groups in total. The Hall–Kier alpha value is -0.680. The van der Waals surface area contributed by atoms with Gasteiger partial charge >= 0.3 is 0 Å². The molecule has 0 aliphatic rings. The van der Waals surface area contributed by atoms with Crippen molar-refractivity contribution in [1.82, 2.24) is 19.7 Å². The van der Waals surface area contributed by atoms with Crippen molar-refractivity contribution in [2.45, 2.75) is 13.5 Å². The Bertz CT molecular complexity index is 453. The zero-order chi connectivity index (χ0) is 9.42. The van der Waals surface area contributed by atoms with Crippen LogP contribution in [-0.2, 0) is 6.54 Å². The summed E-state index contributed by atoms with van der Waals surface area (Å²) >= 11 is 9.01. The van der Waals surface area contributed by atoms with Gasteiger partial charge in [-0.2, -0.15) is 10.1 Å². The van der Waals surface area contributed by atoms with Crippen LogP contribution in [0.1, 0.15) is 6.92 Å². The van der Waals surface area contributed by atoms with Gasteiger partial charge in [-0.25, -0.2) is 9.67 Å². The molecule has 0 radical (unpaired) electrons. The van der Waals surface area contributed by atoms with Gasteiger partial charge in [-0.3, -0.25) is 0 Å². The highest BCUT2D eigenvalue weighted by atomic mass is 79.9. The molecule has 4 nitrogen and oxygen atoms in total. The molecule has 0 spiro atoms. The molecule has 0 saturated carbocycles. The van der Waals surface area contributed by atoms with Gasteiger partial charge in [0, 0.05) is 12.7 Å². The van der Waals surface area contributed by atoms with Gasteiger partial charge in [0.2, 0.25) is 5.28 Å². The molecule has 0 saturated heterocycles. The monoisotopic (exact) mass is 260 g/mol. The lowest BCUT2D eigenvalue weighted by molar-refractivity contribution is 0.671. The SMILES string of the molecule is CCn1nc(Br)c2cnc(Cl)nc21. The predicted octanol–water partition coefficient (Wildman–Crippen LogP) is 2.26. The Labute approximate surface area is 88.1 Å². The van der Waals surface area contributed by atoms with Crippen molar-refractivity contribution in [3.05, 3.63) is 16.1 Å². The van der Waals surface area contributed by atoms with Crippen LogP contribution < -0.4 is 0 Å². The average Bonchev–Trinajstić information content (AvgIpc) is 2.42. The Morgan fingerprint density at radius 1 is 1.62 bits per heavy atom. The van der Waals surface area contributed by atoms with E-state index in [0.717, 1.165) is 22.2 Å². The van der Waals surface area contributed by atoms with Crippen LogP contribution in [-0.4, -0.2) is 19.7 Å². The fourth-order valence-corrected chi connectivity index (χ4v) is 1.72. The zero-order valence-electron chi connectivity index (χ0n) is 6.83. The van der Waals surface area contributed by atoms with Gasteiger partial charge < -0.3 is 0 Å². The van der Waals surface area contributed by atoms with Gasteiger partial charge in [0.1, 0.15) is 4.60 Å².